The Morgan fingerprint density at radius 2 is 1.11 bits per heavy atom. The molecular weight excluding hydrogens is 648 g/mol. The van der Waals surface area contributed by atoms with Gasteiger partial charge in [-0.05, 0) is 12.1 Å². The maximum atomic E-state index is 13.3. The van der Waals surface area contributed by atoms with Crippen molar-refractivity contribution >= 4 is 71.0 Å². The lowest BCUT2D eigenvalue weighted by Gasteiger charge is -2.49. The summed E-state index contributed by atoms with van der Waals surface area (Å²) in [6, 6.07) is 3.45. The second kappa shape index (κ2) is 12.9. The van der Waals surface area contributed by atoms with Crippen molar-refractivity contribution in [2.24, 2.45) is 0 Å². The van der Waals surface area contributed by atoms with E-state index in [0.29, 0.717) is 0 Å². The number of nitrogens with one attached hydrogen (secondary N) is 2. The molecule has 4 aliphatic rings. The Bertz CT molecular complexity index is 1540. The van der Waals surface area contributed by atoms with E-state index in [9.17, 15) is 48.6 Å². The highest BCUT2D eigenvalue weighted by Gasteiger charge is 2.56. The second-order valence-electron chi connectivity index (χ2n) is 10.3. The lowest BCUT2D eigenvalue weighted by molar-refractivity contribution is -0.149. The first-order valence-corrected chi connectivity index (χ1v) is 15.7. The Morgan fingerprint density at radius 3 is 1.43 bits per heavy atom. The molecule has 4 amide bonds. The standard InChI is InChI=1S/C28H26N4O12S2/c1-11(33)43-7-13-9-45-25-17(23(37)31(25)19(13)27(39)40)29-21(35)15-5-3-4-6-16(15)22(36)30-18-24(38)32-20(28(41)42)14(8-44-12(2)34)10-46-26(18)32/h3-6,17-18,25-26H,7-10H2,1-2H3,(H,29,35)(H,30,36)(H,39,40)(H,41,42)/t17-,18-,25-,26-/m1/s1. The fraction of sp³-hybridized carbons (Fsp3) is 0.357. The van der Waals surface area contributed by atoms with Crippen LogP contribution in [0.3, 0.4) is 0 Å². The number of β-lactam (4-membered cyclic amide) rings is 2. The first-order chi connectivity index (χ1) is 21.8. The van der Waals surface area contributed by atoms with Crippen LogP contribution >= 0.6 is 23.5 Å². The molecule has 0 saturated carbocycles. The first-order valence-electron chi connectivity index (χ1n) is 13.6. The van der Waals surface area contributed by atoms with E-state index in [4.69, 9.17) is 9.47 Å². The lowest BCUT2D eigenvalue weighted by atomic mass is 9.99. The van der Waals surface area contributed by atoms with Crippen LogP contribution in [0.1, 0.15) is 34.6 Å². The number of hydrogen-bond donors (Lipinski definition) is 4. The van der Waals surface area contributed by atoms with E-state index in [1.807, 2.05) is 0 Å². The number of carbonyl (C=O) groups is 8. The van der Waals surface area contributed by atoms with Crippen molar-refractivity contribution in [3.63, 3.8) is 0 Å². The maximum absolute atomic E-state index is 13.3. The van der Waals surface area contributed by atoms with Gasteiger partial charge in [0.1, 0.15) is 47.4 Å². The molecule has 2 saturated heterocycles. The van der Waals surface area contributed by atoms with Gasteiger partial charge in [0.05, 0.1) is 11.1 Å². The van der Waals surface area contributed by atoms with E-state index in [0.717, 1.165) is 9.80 Å². The Morgan fingerprint density at radius 1 is 0.739 bits per heavy atom. The van der Waals surface area contributed by atoms with Gasteiger partial charge in [-0.1, -0.05) is 12.1 Å². The molecule has 4 N–H and O–H groups in total. The Balaban J connectivity index is 1.27. The molecule has 2 fully saturated rings. The summed E-state index contributed by atoms with van der Waals surface area (Å²) < 4.78 is 9.83. The molecule has 0 aromatic heterocycles. The first kappa shape index (κ1) is 32.6. The molecule has 0 aliphatic carbocycles. The molecule has 0 spiro atoms. The van der Waals surface area contributed by atoms with E-state index in [1.54, 1.807) is 0 Å². The highest BCUT2D eigenvalue weighted by molar-refractivity contribution is 8.00. The minimum Gasteiger partial charge on any atom is -0.477 e. The molecule has 4 heterocycles. The molecule has 46 heavy (non-hydrogen) atoms. The Kier molecular flexibility index (Phi) is 9.11. The van der Waals surface area contributed by atoms with Crippen molar-refractivity contribution < 1.29 is 58.0 Å². The van der Waals surface area contributed by atoms with Gasteiger partial charge in [0, 0.05) is 36.5 Å². The fourth-order valence-corrected chi connectivity index (χ4v) is 7.94. The average Bonchev–Trinajstić information content (AvgIpc) is 3.02. The topological polar surface area (TPSA) is 226 Å². The van der Waals surface area contributed by atoms with Crippen LogP contribution in [0.2, 0.25) is 0 Å². The number of carbonyl (C=O) groups excluding carboxylic acids is 6. The molecule has 0 radical (unpaired) electrons. The van der Waals surface area contributed by atoms with Gasteiger partial charge < -0.3 is 30.3 Å². The summed E-state index contributed by atoms with van der Waals surface area (Å²) in [6.45, 7) is 1.74. The molecule has 1 aromatic carbocycles. The normalized spacial score (nSPS) is 23.3. The summed E-state index contributed by atoms with van der Waals surface area (Å²) in [6.07, 6.45) is 0. The predicted octanol–water partition coefficient (Wildman–Crippen LogP) is -0.483. The smallest absolute Gasteiger partial charge is 0.352 e. The Labute approximate surface area is 268 Å². The number of hydrogen-bond acceptors (Lipinski definition) is 12. The number of carboxylic acid groups (broad SMARTS) is 2. The minimum absolute atomic E-state index is 0.119. The van der Waals surface area contributed by atoms with Gasteiger partial charge in [-0.25, -0.2) is 9.59 Å². The lowest BCUT2D eigenvalue weighted by Crippen LogP contribution is -2.71. The number of nitrogens with zero attached hydrogens (tertiary/aromatic N) is 2. The van der Waals surface area contributed by atoms with Crippen LogP contribution in [-0.4, -0.2) is 115 Å². The second-order valence-corrected chi connectivity index (χ2v) is 12.6. The SMILES string of the molecule is CC(=O)OCC1=C(C(=O)O)N2C(=O)[C@@H](NC(=O)c3ccccc3C(=O)N[C@@H]3C(=O)N4C(C(=O)O)=C(COC(C)=O)CS[C@H]34)[C@H]2SC1. The molecule has 5 rings (SSSR count). The van der Waals surface area contributed by atoms with Crippen molar-refractivity contribution in [1.82, 2.24) is 20.4 Å². The van der Waals surface area contributed by atoms with E-state index in [-0.39, 0.29) is 58.4 Å². The third-order valence-corrected chi connectivity index (χ3v) is 10.1. The molecule has 242 valence electrons. The number of carboxylic acids is 2. The molecule has 1 aromatic rings. The number of benzene rings is 1. The summed E-state index contributed by atoms with van der Waals surface area (Å²) in [5.74, 6) is -6.74. The van der Waals surface area contributed by atoms with Crippen LogP contribution in [0.4, 0.5) is 0 Å². The van der Waals surface area contributed by atoms with E-state index >= 15 is 0 Å². The third-order valence-electron chi connectivity index (χ3n) is 7.39. The van der Waals surface area contributed by atoms with Crippen LogP contribution < -0.4 is 10.6 Å². The highest BCUT2D eigenvalue weighted by atomic mass is 32.2. The van der Waals surface area contributed by atoms with Gasteiger partial charge in [0.25, 0.3) is 23.6 Å². The monoisotopic (exact) mass is 674 g/mol. The van der Waals surface area contributed by atoms with Crippen LogP contribution in [0.15, 0.2) is 46.8 Å². The van der Waals surface area contributed by atoms with Gasteiger partial charge in [-0.2, -0.15) is 0 Å². The van der Waals surface area contributed by atoms with Gasteiger partial charge >= 0.3 is 23.9 Å². The molecule has 4 aliphatic heterocycles. The summed E-state index contributed by atoms with van der Waals surface area (Å²) in [5.41, 5.74) is -0.414. The van der Waals surface area contributed by atoms with Crippen molar-refractivity contribution in [3.8, 4) is 0 Å². The van der Waals surface area contributed by atoms with Gasteiger partial charge in [-0.3, -0.25) is 38.6 Å². The number of esters is 2. The average molecular weight is 675 g/mol. The van der Waals surface area contributed by atoms with Gasteiger partial charge in [-0.15, -0.1) is 23.5 Å². The number of amides is 4. The maximum Gasteiger partial charge on any atom is 0.352 e. The highest BCUT2D eigenvalue weighted by Crippen LogP contribution is 2.42. The summed E-state index contributed by atoms with van der Waals surface area (Å²) in [7, 11) is 0. The number of thioether (sulfide) groups is 2. The summed E-state index contributed by atoms with van der Waals surface area (Å²) in [4.78, 5) is 101. The fourth-order valence-electron chi connectivity index (χ4n) is 5.28. The van der Waals surface area contributed by atoms with Crippen molar-refractivity contribution in [3.05, 3.63) is 57.9 Å². The zero-order chi connectivity index (χ0) is 33.4. The van der Waals surface area contributed by atoms with Gasteiger partial charge in [0.15, 0.2) is 0 Å². The number of fused-ring (bicyclic) bond motifs is 2. The molecule has 18 heteroatoms. The molecule has 0 unspecified atom stereocenters. The minimum atomic E-state index is -1.39. The molecule has 0 bridgehead atoms. The van der Waals surface area contributed by atoms with Crippen LogP contribution in [0, 0.1) is 0 Å². The quantitative estimate of drug-likeness (QED) is 0.182. The van der Waals surface area contributed by atoms with Gasteiger partial charge in [0.2, 0.25) is 0 Å². The Hall–Kier alpha value is -4.84. The van der Waals surface area contributed by atoms with Crippen LogP contribution in [0.25, 0.3) is 0 Å². The predicted molar refractivity (Wildman–Crippen MR) is 158 cm³/mol. The van der Waals surface area contributed by atoms with E-state index < -0.39 is 70.3 Å². The summed E-state index contributed by atoms with van der Waals surface area (Å²) >= 11 is 2.35. The van der Waals surface area contributed by atoms with Crippen LogP contribution in [-0.2, 0) is 38.2 Å². The van der Waals surface area contributed by atoms with Crippen LogP contribution in [0.5, 0.6) is 0 Å². The third kappa shape index (κ3) is 5.92. The zero-order valence-corrected chi connectivity index (χ0v) is 25.8. The van der Waals surface area contributed by atoms with E-state index in [1.165, 1.54) is 61.6 Å². The van der Waals surface area contributed by atoms with E-state index in [2.05, 4.69) is 10.6 Å². The molecule has 16 nitrogen and oxygen atoms in total. The number of rotatable bonds is 10. The van der Waals surface area contributed by atoms with Crippen molar-refractivity contribution in [1.29, 1.82) is 0 Å². The largest absolute Gasteiger partial charge is 0.477 e. The zero-order valence-electron chi connectivity index (χ0n) is 24.1. The van der Waals surface area contributed by atoms with Crippen molar-refractivity contribution in [2.75, 3.05) is 24.7 Å². The molecular formula is C28H26N4O12S2. The molecule has 4 atom stereocenters. The van der Waals surface area contributed by atoms with Crippen molar-refractivity contribution in [2.45, 2.75) is 36.7 Å². The number of ether oxygens (including phenoxy) is 2. The number of aliphatic carboxylic acids is 2. The summed E-state index contributed by atoms with van der Waals surface area (Å²) in [5, 5.41) is 23.1.